The maximum absolute atomic E-state index is 5.71. The topological polar surface area (TPSA) is 61.0 Å². The number of nitrogens with two attached hydrogens (primary N) is 1. The molecule has 0 saturated heterocycles. The molecule has 2 rings (SSSR count). The summed E-state index contributed by atoms with van der Waals surface area (Å²) in [7, 11) is 0. The van der Waals surface area contributed by atoms with E-state index in [0.29, 0.717) is 11.6 Å². The summed E-state index contributed by atoms with van der Waals surface area (Å²) in [5, 5.41) is 0.853. The minimum atomic E-state index is 0.0875. The highest BCUT2D eigenvalue weighted by Crippen LogP contribution is 2.23. The number of rotatable bonds is 2. The molecular formula is C11H13N3O. The van der Waals surface area contributed by atoms with E-state index in [2.05, 4.69) is 9.97 Å². The van der Waals surface area contributed by atoms with Crippen molar-refractivity contribution in [1.29, 1.82) is 0 Å². The minimum absolute atomic E-state index is 0.0875. The highest BCUT2D eigenvalue weighted by atomic mass is 16.5. The zero-order valence-electron chi connectivity index (χ0n) is 8.77. The van der Waals surface area contributed by atoms with Crippen LogP contribution in [-0.4, -0.2) is 16.1 Å². The van der Waals surface area contributed by atoms with Gasteiger partial charge in [-0.15, -0.1) is 0 Å². The van der Waals surface area contributed by atoms with Crippen molar-refractivity contribution < 1.29 is 4.74 Å². The van der Waals surface area contributed by atoms with Crippen LogP contribution in [0.5, 0.6) is 5.88 Å². The molecule has 2 N–H and O–H groups in total. The fourth-order valence-electron chi connectivity index (χ4n) is 1.37. The van der Waals surface area contributed by atoms with Gasteiger partial charge in [-0.2, -0.15) is 0 Å². The number of benzene rings is 1. The molecule has 4 heteroatoms. The van der Waals surface area contributed by atoms with Gasteiger partial charge in [0, 0.05) is 5.69 Å². The van der Waals surface area contributed by atoms with E-state index in [4.69, 9.17) is 10.5 Å². The van der Waals surface area contributed by atoms with Crippen LogP contribution < -0.4 is 10.5 Å². The number of nitrogen functional groups attached to an aromatic ring is 1. The second kappa shape index (κ2) is 3.73. The number of hydrogen-bond acceptors (Lipinski definition) is 4. The van der Waals surface area contributed by atoms with Gasteiger partial charge in [0.05, 0.1) is 17.0 Å². The highest BCUT2D eigenvalue weighted by molar-refractivity contribution is 5.86. The molecule has 0 aliphatic rings. The molecule has 78 valence electrons. The van der Waals surface area contributed by atoms with Gasteiger partial charge in [0.15, 0.2) is 0 Å². The lowest BCUT2D eigenvalue weighted by atomic mass is 10.2. The van der Waals surface area contributed by atoms with Crippen molar-refractivity contribution in [1.82, 2.24) is 9.97 Å². The maximum atomic E-state index is 5.71. The first-order valence-electron chi connectivity index (χ1n) is 4.83. The summed E-state index contributed by atoms with van der Waals surface area (Å²) in [5.41, 5.74) is 7.24. The molecule has 0 fully saturated rings. The molecule has 0 bridgehead atoms. The monoisotopic (exact) mass is 203 g/mol. The lowest BCUT2D eigenvalue weighted by Crippen LogP contribution is -2.07. The van der Waals surface area contributed by atoms with Gasteiger partial charge in [-0.05, 0) is 32.0 Å². The van der Waals surface area contributed by atoms with Crippen molar-refractivity contribution in [3.63, 3.8) is 0 Å². The van der Waals surface area contributed by atoms with Crippen LogP contribution in [0.3, 0.4) is 0 Å². The molecule has 1 heterocycles. The molecular weight excluding hydrogens is 190 g/mol. The summed E-state index contributed by atoms with van der Waals surface area (Å²) in [6, 6.07) is 5.50. The van der Waals surface area contributed by atoms with Gasteiger partial charge < -0.3 is 10.5 Å². The molecule has 0 spiro atoms. The number of nitrogens with zero attached hydrogens (tertiary/aromatic N) is 2. The molecule has 0 aliphatic carbocycles. The van der Waals surface area contributed by atoms with Crippen LogP contribution in [0.2, 0.25) is 0 Å². The fourth-order valence-corrected chi connectivity index (χ4v) is 1.37. The van der Waals surface area contributed by atoms with Crippen LogP contribution in [0.25, 0.3) is 10.9 Å². The average molecular weight is 203 g/mol. The van der Waals surface area contributed by atoms with Gasteiger partial charge in [0.2, 0.25) is 5.88 Å². The molecule has 0 saturated carbocycles. The lowest BCUT2D eigenvalue weighted by Gasteiger charge is -2.10. The number of ether oxygens (including phenoxy) is 1. The summed E-state index contributed by atoms with van der Waals surface area (Å²) < 4.78 is 5.58. The first-order chi connectivity index (χ1) is 7.16. The number of anilines is 1. The molecule has 0 atom stereocenters. The molecule has 1 aromatic heterocycles. The van der Waals surface area contributed by atoms with Gasteiger partial charge in [-0.25, -0.2) is 9.97 Å². The summed E-state index contributed by atoms with van der Waals surface area (Å²) in [4.78, 5) is 8.24. The van der Waals surface area contributed by atoms with Crippen molar-refractivity contribution in [3.8, 4) is 5.88 Å². The van der Waals surface area contributed by atoms with Crippen molar-refractivity contribution in [3.05, 3.63) is 24.5 Å². The second-order valence-corrected chi connectivity index (χ2v) is 3.62. The summed E-state index contributed by atoms with van der Waals surface area (Å²) in [5.74, 6) is 0.585. The normalized spacial score (nSPS) is 10.9. The predicted octanol–water partition coefficient (Wildman–Crippen LogP) is 2.00. The first-order valence-corrected chi connectivity index (χ1v) is 4.83. The van der Waals surface area contributed by atoms with Gasteiger partial charge >= 0.3 is 0 Å². The molecule has 2 aromatic rings. The van der Waals surface area contributed by atoms with Crippen LogP contribution in [0.4, 0.5) is 5.69 Å². The summed E-state index contributed by atoms with van der Waals surface area (Å²) in [6.07, 6.45) is 1.58. The van der Waals surface area contributed by atoms with Gasteiger partial charge in [0.1, 0.15) is 6.33 Å². The first kappa shape index (κ1) is 9.71. The number of hydrogen-bond donors (Lipinski definition) is 1. The van der Waals surface area contributed by atoms with E-state index < -0.39 is 0 Å². The molecule has 4 nitrogen and oxygen atoms in total. The van der Waals surface area contributed by atoms with Crippen molar-refractivity contribution >= 4 is 16.6 Å². The fraction of sp³-hybridized carbons (Fsp3) is 0.273. The van der Waals surface area contributed by atoms with E-state index in [1.807, 2.05) is 32.0 Å². The Balaban J connectivity index is 2.58. The van der Waals surface area contributed by atoms with Crippen LogP contribution in [-0.2, 0) is 0 Å². The summed E-state index contributed by atoms with van der Waals surface area (Å²) >= 11 is 0. The third-order valence-corrected chi connectivity index (χ3v) is 1.97. The Hall–Kier alpha value is -1.84. The van der Waals surface area contributed by atoms with Crippen molar-refractivity contribution in [2.24, 2.45) is 0 Å². The summed E-state index contributed by atoms with van der Waals surface area (Å²) in [6.45, 7) is 3.92. The molecule has 0 amide bonds. The van der Waals surface area contributed by atoms with Crippen LogP contribution in [0.1, 0.15) is 13.8 Å². The smallest absolute Gasteiger partial charge is 0.224 e. The number of aromatic nitrogens is 2. The zero-order chi connectivity index (χ0) is 10.8. The van der Waals surface area contributed by atoms with Crippen molar-refractivity contribution in [2.75, 3.05) is 5.73 Å². The van der Waals surface area contributed by atoms with Gasteiger partial charge in [-0.1, -0.05) is 0 Å². The largest absolute Gasteiger partial charge is 0.474 e. The zero-order valence-corrected chi connectivity index (χ0v) is 8.77. The Kier molecular flexibility index (Phi) is 2.41. The van der Waals surface area contributed by atoms with Crippen LogP contribution in [0.15, 0.2) is 24.5 Å². The van der Waals surface area contributed by atoms with Crippen molar-refractivity contribution in [2.45, 2.75) is 20.0 Å². The molecule has 0 radical (unpaired) electrons. The SMILES string of the molecule is CC(C)Oc1ncnc2ccc(N)cc12. The van der Waals surface area contributed by atoms with Gasteiger partial charge in [0.25, 0.3) is 0 Å². The van der Waals surface area contributed by atoms with E-state index in [9.17, 15) is 0 Å². The van der Waals surface area contributed by atoms with Crippen LogP contribution in [0, 0.1) is 0 Å². The third-order valence-electron chi connectivity index (χ3n) is 1.97. The van der Waals surface area contributed by atoms with Gasteiger partial charge in [-0.3, -0.25) is 0 Å². The quantitative estimate of drug-likeness (QED) is 0.758. The van der Waals surface area contributed by atoms with E-state index in [1.54, 1.807) is 0 Å². The Bertz CT molecular complexity index is 482. The van der Waals surface area contributed by atoms with E-state index in [0.717, 1.165) is 10.9 Å². The predicted molar refractivity (Wildman–Crippen MR) is 59.7 cm³/mol. The second-order valence-electron chi connectivity index (χ2n) is 3.62. The Labute approximate surface area is 88.1 Å². The third kappa shape index (κ3) is 1.98. The molecule has 1 aromatic carbocycles. The maximum Gasteiger partial charge on any atom is 0.224 e. The Morgan fingerprint density at radius 1 is 1.27 bits per heavy atom. The minimum Gasteiger partial charge on any atom is -0.474 e. The highest BCUT2D eigenvalue weighted by Gasteiger charge is 2.06. The van der Waals surface area contributed by atoms with E-state index >= 15 is 0 Å². The molecule has 15 heavy (non-hydrogen) atoms. The molecule has 0 unspecified atom stereocenters. The van der Waals surface area contributed by atoms with Crippen LogP contribution >= 0.6 is 0 Å². The van der Waals surface area contributed by atoms with E-state index in [1.165, 1.54) is 6.33 Å². The average Bonchev–Trinajstić information content (AvgIpc) is 2.18. The standard InChI is InChI=1S/C11H13N3O/c1-7(2)15-11-9-5-8(12)3-4-10(9)13-6-14-11/h3-7H,12H2,1-2H3. The lowest BCUT2D eigenvalue weighted by molar-refractivity contribution is 0.235. The number of fused-ring (bicyclic) bond motifs is 1. The Morgan fingerprint density at radius 2 is 2.07 bits per heavy atom. The Morgan fingerprint density at radius 3 is 2.80 bits per heavy atom. The molecule has 0 aliphatic heterocycles. The van der Waals surface area contributed by atoms with E-state index in [-0.39, 0.29) is 6.10 Å².